The van der Waals surface area contributed by atoms with Gasteiger partial charge in [0.05, 0.1) is 10.5 Å². The largest absolute Gasteiger partial charge is 0.490 e. The lowest BCUT2D eigenvalue weighted by atomic mass is 10.1. The van der Waals surface area contributed by atoms with Gasteiger partial charge in [-0.2, -0.15) is 4.31 Å². The average molecular weight is 463 g/mol. The molecule has 0 unspecified atom stereocenters. The quantitative estimate of drug-likeness (QED) is 0.620. The number of sulfonamides is 1. The fraction of sp³-hybridized carbons (Fsp3) is 0.458. The Morgan fingerprint density at radius 2 is 1.72 bits per heavy atom. The fourth-order valence-electron chi connectivity index (χ4n) is 3.87. The highest BCUT2D eigenvalue weighted by molar-refractivity contribution is 7.89. The lowest BCUT2D eigenvalue weighted by Gasteiger charge is -2.32. The molecule has 0 saturated carbocycles. The number of halogens is 1. The molecule has 32 heavy (non-hydrogen) atoms. The Labute approximate surface area is 190 Å². The highest BCUT2D eigenvalue weighted by Crippen LogP contribution is 2.24. The van der Waals surface area contributed by atoms with Crippen molar-refractivity contribution in [3.05, 3.63) is 58.9 Å². The smallest absolute Gasteiger partial charge is 0.256 e. The van der Waals surface area contributed by atoms with E-state index >= 15 is 0 Å². The Morgan fingerprint density at radius 3 is 2.31 bits per heavy atom. The van der Waals surface area contributed by atoms with Gasteiger partial charge in [-0.3, -0.25) is 4.79 Å². The molecule has 0 aromatic heterocycles. The summed E-state index contributed by atoms with van der Waals surface area (Å²) in [5.41, 5.74) is 2.14. The van der Waals surface area contributed by atoms with Crippen molar-refractivity contribution in [1.29, 1.82) is 0 Å². The molecule has 1 aliphatic rings. The Bertz CT molecular complexity index is 1080. The third-order valence-electron chi connectivity index (χ3n) is 6.02. The van der Waals surface area contributed by atoms with E-state index in [4.69, 9.17) is 4.74 Å². The van der Waals surface area contributed by atoms with Gasteiger partial charge in [0.1, 0.15) is 17.7 Å². The molecule has 0 radical (unpaired) electrons. The van der Waals surface area contributed by atoms with Gasteiger partial charge in [0.25, 0.3) is 5.91 Å². The summed E-state index contributed by atoms with van der Waals surface area (Å²) < 4.78 is 47.4. The third kappa shape index (κ3) is 5.13. The second-order valence-corrected chi connectivity index (χ2v) is 10.0. The standard InChI is InChI=1S/C24H31FN2O4S/c1-5-27(6-2)32(29,30)21-9-10-23(25)22(16-21)24(28)26-13-11-19(12-14-26)31-20-8-7-17(3)18(4)15-20/h7-10,15-16,19H,5-6,11-14H2,1-4H3. The molecule has 0 aliphatic carbocycles. The number of hydrogen-bond acceptors (Lipinski definition) is 4. The molecule has 2 aromatic carbocycles. The third-order valence-corrected chi connectivity index (χ3v) is 8.07. The molecule has 3 rings (SSSR count). The highest BCUT2D eigenvalue weighted by Gasteiger charge is 2.29. The molecular weight excluding hydrogens is 431 g/mol. The molecule has 8 heteroatoms. The van der Waals surface area contributed by atoms with Crippen LogP contribution in [0, 0.1) is 19.7 Å². The fourth-order valence-corrected chi connectivity index (χ4v) is 5.35. The van der Waals surface area contributed by atoms with Crippen LogP contribution >= 0.6 is 0 Å². The summed E-state index contributed by atoms with van der Waals surface area (Å²) in [6, 6.07) is 9.39. The van der Waals surface area contributed by atoms with E-state index in [1.807, 2.05) is 32.0 Å². The topological polar surface area (TPSA) is 66.9 Å². The molecule has 2 aromatic rings. The minimum absolute atomic E-state index is 0.0274. The zero-order valence-electron chi connectivity index (χ0n) is 19.1. The normalized spacial score (nSPS) is 15.2. The van der Waals surface area contributed by atoms with Gasteiger partial charge in [0.2, 0.25) is 10.0 Å². The van der Waals surface area contributed by atoms with E-state index in [1.165, 1.54) is 15.9 Å². The van der Waals surface area contributed by atoms with Crippen molar-refractivity contribution in [3.63, 3.8) is 0 Å². The van der Waals surface area contributed by atoms with Crippen LogP contribution in [0.15, 0.2) is 41.3 Å². The van der Waals surface area contributed by atoms with Gasteiger partial charge in [0.15, 0.2) is 0 Å². The number of ether oxygens (including phenoxy) is 1. The van der Waals surface area contributed by atoms with Crippen LogP contribution in [-0.2, 0) is 10.0 Å². The number of benzene rings is 2. The number of rotatable bonds is 7. The van der Waals surface area contributed by atoms with Gasteiger partial charge >= 0.3 is 0 Å². The monoisotopic (exact) mass is 462 g/mol. The number of nitrogens with zero attached hydrogens (tertiary/aromatic N) is 2. The second-order valence-electron chi connectivity index (χ2n) is 8.09. The molecule has 6 nitrogen and oxygen atoms in total. The summed E-state index contributed by atoms with van der Waals surface area (Å²) in [6.45, 7) is 8.99. The Morgan fingerprint density at radius 1 is 1.06 bits per heavy atom. The predicted octanol–water partition coefficient (Wildman–Crippen LogP) is 4.16. The van der Waals surface area contributed by atoms with Crippen molar-refractivity contribution in [2.45, 2.75) is 51.5 Å². The Hall–Kier alpha value is -2.45. The van der Waals surface area contributed by atoms with Gasteiger partial charge in [-0.25, -0.2) is 12.8 Å². The van der Waals surface area contributed by atoms with Gasteiger partial charge < -0.3 is 9.64 Å². The molecule has 1 amide bonds. The Balaban J connectivity index is 1.70. The number of carbonyl (C=O) groups excluding carboxylic acids is 1. The number of hydrogen-bond donors (Lipinski definition) is 0. The molecule has 1 aliphatic heterocycles. The number of aryl methyl sites for hydroxylation is 2. The van der Waals surface area contributed by atoms with Crippen molar-refractivity contribution in [1.82, 2.24) is 9.21 Å². The summed E-state index contributed by atoms with van der Waals surface area (Å²) in [4.78, 5) is 14.5. The van der Waals surface area contributed by atoms with Crippen LogP contribution < -0.4 is 4.74 Å². The van der Waals surface area contributed by atoms with Crippen molar-refractivity contribution >= 4 is 15.9 Å². The van der Waals surface area contributed by atoms with Crippen LogP contribution in [0.1, 0.15) is 48.2 Å². The molecule has 0 spiro atoms. The average Bonchev–Trinajstić information content (AvgIpc) is 2.77. The van der Waals surface area contributed by atoms with Gasteiger partial charge in [-0.15, -0.1) is 0 Å². The van der Waals surface area contributed by atoms with Gasteiger partial charge in [-0.1, -0.05) is 19.9 Å². The van der Waals surface area contributed by atoms with Crippen LogP contribution in [0.25, 0.3) is 0 Å². The van der Waals surface area contributed by atoms with Gasteiger partial charge in [-0.05, 0) is 55.3 Å². The molecule has 1 fully saturated rings. The first-order valence-electron chi connectivity index (χ1n) is 11.0. The van der Waals surface area contributed by atoms with E-state index in [-0.39, 0.29) is 16.6 Å². The first-order valence-corrected chi connectivity index (χ1v) is 12.4. The number of likely N-dealkylation sites (tertiary alicyclic amines) is 1. The molecule has 0 bridgehead atoms. The summed E-state index contributed by atoms with van der Waals surface area (Å²) >= 11 is 0. The van der Waals surface area contributed by atoms with Crippen molar-refractivity contribution in [3.8, 4) is 5.75 Å². The molecule has 1 saturated heterocycles. The van der Waals surface area contributed by atoms with E-state index in [2.05, 4.69) is 0 Å². The van der Waals surface area contributed by atoms with E-state index in [0.29, 0.717) is 39.0 Å². The molecule has 1 heterocycles. The zero-order chi connectivity index (χ0) is 23.5. The SMILES string of the molecule is CCN(CC)S(=O)(=O)c1ccc(F)c(C(=O)N2CCC(Oc3ccc(C)c(C)c3)CC2)c1. The van der Waals surface area contributed by atoms with E-state index in [0.717, 1.165) is 23.4 Å². The van der Waals surface area contributed by atoms with E-state index < -0.39 is 21.7 Å². The number of piperidine rings is 1. The first-order chi connectivity index (χ1) is 15.2. The number of carbonyl (C=O) groups is 1. The molecular formula is C24H31FN2O4S. The van der Waals surface area contributed by atoms with Crippen LogP contribution in [0.5, 0.6) is 5.75 Å². The van der Waals surface area contributed by atoms with Crippen molar-refractivity contribution < 1.29 is 22.3 Å². The van der Waals surface area contributed by atoms with Crippen LogP contribution in [0.3, 0.4) is 0 Å². The van der Waals surface area contributed by atoms with E-state index in [1.54, 1.807) is 18.7 Å². The van der Waals surface area contributed by atoms with Crippen molar-refractivity contribution in [2.24, 2.45) is 0 Å². The first kappa shape index (κ1) is 24.2. The van der Waals surface area contributed by atoms with Crippen LogP contribution in [0.4, 0.5) is 4.39 Å². The Kier molecular flexibility index (Phi) is 7.56. The second kappa shape index (κ2) is 10.0. The maximum Gasteiger partial charge on any atom is 0.256 e. The summed E-state index contributed by atoms with van der Waals surface area (Å²) in [6.07, 6.45) is 1.22. The molecule has 0 atom stereocenters. The minimum atomic E-state index is -3.78. The van der Waals surface area contributed by atoms with Crippen molar-refractivity contribution in [2.75, 3.05) is 26.2 Å². The number of amides is 1. The lowest BCUT2D eigenvalue weighted by Crippen LogP contribution is -2.42. The van der Waals surface area contributed by atoms with Crippen LogP contribution in [-0.4, -0.2) is 55.8 Å². The van der Waals surface area contributed by atoms with Gasteiger partial charge in [0, 0.05) is 39.0 Å². The molecule has 174 valence electrons. The minimum Gasteiger partial charge on any atom is -0.490 e. The zero-order valence-corrected chi connectivity index (χ0v) is 19.9. The highest BCUT2D eigenvalue weighted by atomic mass is 32.2. The summed E-state index contributed by atoms with van der Waals surface area (Å²) in [5, 5.41) is 0. The maximum atomic E-state index is 14.5. The van der Waals surface area contributed by atoms with E-state index in [9.17, 15) is 17.6 Å². The summed E-state index contributed by atoms with van der Waals surface area (Å²) in [7, 11) is -3.78. The van der Waals surface area contributed by atoms with Crippen LogP contribution in [0.2, 0.25) is 0 Å². The summed E-state index contributed by atoms with van der Waals surface area (Å²) in [5.74, 6) is -0.413. The predicted molar refractivity (Wildman–Crippen MR) is 122 cm³/mol. The lowest BCUT2D eigenvalue weighted by molar-refractivity contribution is 0.0591. The molecule has 0 N–H and O–H groups in total. The maximum absolute atomic E-state index is 14.5.